The average molecular weight is 295 g/mol. The van der Waals surface area contributed by atoms with Crippen LogP contribution in [0.1, 0.15) is 77.0 Å². The van der Waals surface area contributed by atoms with Crippen LogP contribution in [0, 0.1) is 0 Å². The second-order valence-corrected chi connectivity index (χ2v) is 5.52. The number of nitrogens with two attached hydrogens (primary N) is 1. The number of hydrogen-bond acceptors (Lipinski definition) is 2. The molecular formula is C18H33NO2. The Kier molecular flexibility index (Phi) is 16.1. The predicted octanol–water partition coefficient (Wildman–Crippen LogP) is 4.82. The Bertz CT molecular complexity index is 285. The van der Waals surface area contributed by atoms with Gasteiger partial charge in [0.15, 0.2) is 0 Å². The first-order valence-corrected chi connectivity index (χ1v) is 8.49. The summed E-state index contributed by atoms with van der Waals surface area (Å²) in [6.45, 7) is 0.812. The second kappa shape index (κ2) is 17.0. The zero-order valence-electron chi connectivity index (χ0n) is 13.4. The Labute approximate surface area is 130 Å². The van der Waals surface area contributed by atoms with Gasteiger partial charge < -0.3 is 10.8 Å². The summed E-state index contributed by atoms with van der Waals surface area (Å²) in [5.41, 5.74) is 5.44. The fraction of sp³-hybridized carbons (Fsp3) is 0.722. The molecule has 0 saturated heterocycles. The molecule has 122 valence electrons. The molecule has 0 unspecified atom stereocenters. The first-order valence-electron chi connectivity index (χ1n) is 8.49. The molecule has 21 heavy (non-hydrogen) atoms. The van der Waals surface area contributed by atoms with E-state index in [0.29, 0.717) is 6.42 Å². The van der Waals surface area contributed by atoms with Crippen LogP contribution in [0.15, 0.2) is 24.3 Å². The molecule has 0 aliphatic heterocycles. The van der Waals surface area contributed by atoms with Crippen LogP contribution < -0.4 is 5.73 Å². The van der Waals surface area contributed by atoms with Crippen molar-refractivity contribution in [3.63, 3.8) is 0 Å². The van der Waals surface area contributed by atoms with Gasteiger partial charge in [0.05, 0.1) is 0 Å². The van der Waals surface area contributed by atoms with Crippen LogP contribution in [0.25, 0.3) is 0 Å². The Morgan fingerprint density at radius 3 is 1.86 bits per heavy atom. The van der Waals surface area contributed by atoms with Gasteiger partial charge in [-0.15, -0.1) is 0 Å². The third kappa shape index (κ3) is 18.9. The molecule has 0 amide bonds. The molecule has 0 spiro atoms. The van der Waals surface area contributed by atoms with Gasteiger partial charge in [-0.25, -0.2) is 0 Å². The monoisotopic (exact) mass is 295 g/mol. The topological polar surface area (TPSA) is 63.3 Å². The van der Waals surface area contributed by atoms with E-state index in [-0.39, 0.29) is 0 Å². The zero-order valence-corrected chi connectivity index (χ0v) is 13.4. The number of unbranched alkanes of at least 4 members (excludes halogenated alkanes) is 8. The van der Waals surface area contributed by atoms with Gasteiger partial charge in [-0.05, 0) is 51.5 Å². The Balaban J connectivity index is 3.18. The number of aliphatic carboxylic acids is 1. The minimum Gasteiger partial charge on any atom is -0.481 e. The zero-order chi connectivity index (χ0) is 15.6. The van der Waals surface area contributed by atoms with Crippen molar-refractivity contribution >= 4 is 5.97 Å². The molecule has 3 heteroatoms. The van der Waals surface area contributed by atoms with Crippen molar-refractivity contribution in [2.75, 3.05) is 6.54 Å². The molecule has 0 aromatic heterocycles. The van der Waals surface area contributed by atoms with Crippen molar-refractivity contribution in [3.8, 4) is 0 Å². The second-order valence-electron chi connectivity index (χ2n) is 5.52. The third-order valence-electron chi connectivity index (χ3n) is 3.44. The van der Waals surface area contributed by atoms with Crippen LogP contribution in [0.3, 0.4) is 0 Å². The van der Waals surface area contributed by atoms with Crippen molar-refractivity contribution in [2.45, 2.75) is 77.0 Å². The average Bonchev–Trinajstić information content (AvgIpc) is 2.46. The summed E-state index contributed by atoms with van der Waals surface area (Å²) in [5, 5.41) is 8.51. The van der Waals surface area contributed by atoms with E-state index < -0.39 is 5.97 Å². The summed E-state index contributed by atoms with van der Waals surface area (Å²) >= 11 is 0. The van der Waals surface area contributed by atoms with Crippen LogP contribution in [0.2, 0.25) is 0 Å². The number of carbonyl (C=O) groups is 1. The van der Waals surface area contributed by atoms with E-state index in [2.05, 4.69) is 24.3 Å². The van der Waals surface area contributed by atoms with E-state index in [1.807, 2.05) is 0 Å². The predicted molar refractivity (Wildman–Crippen MR) is 90.4 cm³/mol. The van der Waals surface area contributed by atoms with Crippen LogP contribution >= 0.6 is 0 Å². The van der Waals surface area contributed by atoms with Crippen LogP contribution in [-0.4, -0.2) is 17.6 Å². The van der Waals surface area contributed by atoms with E-state index in [1.54, 1.807) is 0 Å². The van der Waals surface area contributed by atoms with E-state index in [0.717, 1.165) is 45.1 Å². The summed E-state index contributed by atoms with van der Waals surface area (Å²) in [7, 11) is 0. The van der Waals surface area contributed by atoms with Crippen molar-refractivity contribution < 1.29 is 9.90 Å². The Hall–Kier alpha value is -1.09. The van der Waals surface area contributed by atoms with Gasteiger partial charge in [0, 0.05) is 6.42 Å². The quantitative estimate of drug-likeness (QED) is 0.336. The maximum Gasteiger partial charge on any atom is 0.303 e. The number of allylic oxidation sites excluding steroid dienone is 4. The number of carboxylic acids is 1. The lowest BCUT2D eigenvalue weighted by Gasteiger charge is -1.98. The molecule has 0 fully saturated rings. The molecule has 0 aromatic rings. The number of carboxylic acid groups (broad SMARTS) is 1. The van der Waals surface area contributed by atoms with Gasteiger partial charge in [-0.2, -0.15) is 0 Å². The maximum absolute atomic E-state index is 10.3. The largest absolute Gasteiger partial charge is 0.481 e. The maximum atomic E-state index is 10.3. The minimum atomic E-state index is -0.676. The van der Waals surface area contributed by atoms with Gasteiger partial charge in [-0.3, -0.25) is 4.79 Å². The normalized spacial score (nSPS) is 11.7. The molecule has 0 rings (SSSR count). The van der Waals surface area contributed by atoms with Gasteiger partial charge in [0.1, 0.15) is 0 Å². The molecule has 3 N–H and O–H groups in total. The summed E-state index contributed by atoms with van der Waals surface area (Å²) in [6, 6.07) is 0. The van der Waals surface area contributed by atoms with Crippen LogP contribution in [0.4, 0.5) is 0 Å². The van der Waals surface area contributed by atoms with E-state index in [9.17, 15) is 4.79 Å². The summed E-state index contributed by atoms with van der Waals surface area (Å²) in [4.78, 5) is 10.3. The van der Waals surface area contributed by atoms with Crippen LogP contribution in [-0.2, 0) is 4.79 Å². The Morgan fingerprint density at radius 2 is 1.29 bits per heavy atom. The molecule has 0 radical (unpaired) electrons. The SMILES string of the molecule is NCCCCCC=CCC=CCCCCCCCC(=O)O. The molecule has 0 atom stereocenters. The fourth-order valence-corrected chi connectivity index (χ4v) is 2.16. The summed E-state index contributed by atoms with van der Waals surface area (Å²) in [5.74, 6) is -0.676. The van der Waals surface area contributed by atoms with Crippen molar-refractivity contribution in [3.05, 3.63) is 24.3 Å². The molecule has 0 bridgehead atoms. The lowest BCUT2D eigenvalue weighted by Crippen LogP contribution is -1.97. The lowest BCUT2D eigenvalue weighted by molar-refractivity contribution is -0.137. The lowest BCUT2D eigenvalue weighted by atomic mass is 10.1. The van der Waals surface area contributed by atoms with Gasteiger partial charge in [-0.1, -0.05) is 50.0 Å². The highest BCUT2D eigenvalue weighted by molar-refractivity contribution is 5.66. The van der Waals surface area contributed by atoms with E-state index >= 15 is 0 Å². The Morgan fingerprint density at radius 1 is 0.762 bits per heavy atom. The van der Waals surface area contributed by atoms with Gasteiger partial charge >= 0.3 is 5.97 Å². The molecule has 0 aliphatic rings. The highest BCUT2D eigenvalue weighted by Crippen LogP contribution is 2.08. The molecule has 3 nitrogen and oxygen atoms in total. The van der Waals surface area contributed by atoms with Crippen LogP contribution in [0.5, 0.6) is 0 Å². The van der Waals surface area contributed by atoms with Gasteiger partial charge in [0.2, 0.25) is 0 Å². The fourth-order valence-electron chi connectivity index (χ4n) is 2.16. The molecule has 0 aliphatic carbocycles. The first kappa shape index (κ1) is 19.9. The van der Waals surface area contributed by atoms with Gasteiger partial charge in [0.25, 0.3) is 0 Å². The van der Waals surface area contributed by atoms with E-state index in [4.69, 9.17) is 10.8 Å². The molecular weight excluding hydrogens is 262 g/mol. The number of hydrogen-bond donors (Lipinski definition) is 2. The molecule has 0 saturated carbocycles. The standard InChI is InChI=1S/C18H33NO2/c19-17-15-13-11-9-7-5-3-1-2-4-6-8-10-12-14-16-18(20)21/h1-2,5,7H,3-4,6,8-17,19H2,(H,20,21). The highest BCUT2D eigenvalue weighted by atomic mass is 16.4. The van der Waals surface area contributed by atoms with E-state index in [1.165, 1.54) is 32.1 Å². The van der Waals surface area contributed by atoms with Crippen molar-refractivity contribution in [2.24, 2.45) is 5.73 Å². The highest BCUT2D eigenvalue weighted by Gasteiger charge is 1.95. The summed E-state index contributed by atoms with van der Waals surface area (Å²) < 4.78 is 0. The number of rotatable bonds is 15. The first-order chi connectivity index (χ1) is 10.3. The third-order valence-corrected chi connectivity index (χ3v) is 3.44. The minimum absolute atomic E-state index is 0.318. The molecule has 0 aromatic carbocycles. The molecule has 0 heterocycles. The smallest absolute Gasteiger partial charge is 0.303 e. The van der Waals surface area contributed by atoms with Crippen molar-refractivity contribution in [1.29, 1.82) is 0 Å². The summed E-state index contributed by atoms with van der Waals surface area (Å²) in [6.07, 6.45) is 21.8. The van der Waals surface area contributed by atoms with Crippen molar-refractivity contribution in [1.82, 2.24) is 0 Å².